The van der Waals surface area contributed by atoms with Crippen LogP contribution in [0.25, 0.3) is 22.5 Å². The van der Waals surface area contributed by atoms with E-state index in [0.717, 1.165) is 16.8 Å². The highest BCUT2D eigenvalue weighted by atomic mass is 16.5. The normalized spacial score (nSPS) is 11.1. The van der Waals surface area contributed by atoms with Gasteiger partial charge in [-0.2, -0.15) is 5.10 Å². The number of H-pyrrole nitrogens is 1. The molecule has 0 aliphatic carbocycles. The van der Waals surface area contributed by atoms with Gasteiger partial charge >= 0.3 is 0 Å². The van der Waals surface area contributed by atoms with Crippen LogP contribution in [0.4, 0.5) is 0 Å². The number of ether oxygens (including phenoxy) is 1. The van der Waals surface area contributed by atoms with E-state index in [1.165, 1.54) is 10.6 Å². The summed E-state index contributed by atoms with van der Waals surface area (Å²) in [7, 11) is 1.62. The number of fused-ring (bicyclic) bond motifs is 1. The minimum Gasteiger partial charge on any atom is -0.496 e. The molecule has 4 aromatic rings. The van der Waals surface area contributed by atoms with E-state index in [1.807, 2.05) is 30.5 Å². The maximum absolute atomic E-state index is 12.1. The summed E-state index contributed by atoms with van der Waals surface area (Å²) in [6.07, 6.45) is 5.35. The lowest BCUT2D eigenvalue weighted by molar-refractivity contribution is 0.416. The number of nitrogens with zero attached hydrogens (tertiary/aromatic N) is 4. The number of aromatic nitrogens is 5. The van der Waals surface area contributed by atoms with Crippen molar-refractivity contribution in [3.8, 4) is 22.6 Å². The number of nitrogens with one attached hydrogen (secondary N) is 1. The zero-order chi connectivity index (χ0) is 16.7. The molecule has 3 heterocycles. The van der Waals surface area contributed by atoms with Crippen molar-refractivity contribution in [1.29, 1.82) is 0 Å². The van der Waals surface area contributed by atoms with E-state index in [1.54, 1.807) is 31.1 Å². The van der Waals surface area contributed by atoms with E-state index in [2.05, 4.69) is 15.2 Å². The zero-order valence-corrected chi connectivity index (χ0v) is 13.2. The Hall–Kier alpha value is -3.35. The van der Waals surface area contributed by atoms with Crippen molar-refractivity contribution in [1.82, 2.24) is 24.4 Å². The fraction of sp³-hybridized carbons (Fsp3) is 0.118. The van der Waals surface area contributed by atoms with Gasteiger partial charge in [0.15, 0.2) is 5.65 Å². The van der Waals surface area contributed by atoms with Gasteiger partial charge in [-0.25, -0.2) is 14.2 Å². The Morgan fingerprint density at radius 2 is 2.08 bits per heavy atom. The number of benzene rings is 1. The number of methoxy groups -OCH3 is 1. The first-order valence-corrected chi connectivity index (χ1v) is 7.43. The minimum absolute atomic E-state index is 0.143. The van der Waals surface area contributed by atoms with Crippen LogP contribution in [-0.4, -0.2) is 31.5 Å². The van der Waals surface area contributed by atoms with Gasteiger partial charge < -0.3 is 4.74 Å². The van der Waals surface area contributed by atoms with Crippen molar-refractivity contribution in [3.05, 3.63) is 65.0 Å². The van der Waals surface area contributed by atoms with Crippen LogP contribution < -0.4 is 10.3 Å². The molecule has 0 atom stereocenters. The van der Waals surface area contributed by atoms with Crippen molar-refractivity contribution >= 4 is 5.65 Å². The molecule has 0 aliphatic heterocycles. The molecule has 3 aromatic heterocycles. The smallest absolute Gasteiger partial charge is 0.272 e. The molecule has 1 aromatic carbocycles. The van der Waals surface area contributed by atoms with Gasteiger partial charge in [-0.15, -0.1) is 0 Å². The second-order valence-corrected chi connectivity index (χ2v) is 5.42. The average Bonchev–Trinajstić information content (AvgIpc) is 3.24. The second-order valence-electron chi connectivity index (χ2n) is 5.42. The topological polar surface area (TPSA) is 77.2 Å². The van der Waals surface area contributed by atoms with Gasteiger partial charge in [-0.05, 0) is 25.1 Å². The first-order valence-electron chi connectivity index (χ1n) is 7.43. The van der Waals surface area contributed by atoms with E-state index in [9.17, 15) is 4.79 Å². The van der Waals surface area contributed by atoms with Crippen LogP contribution in [0.3, 0.4) is 0 Å². The van der Waals surface area contributed by atoms with Gasteiger partial charge in [0.2, 0.25) is 0 Å². The fourth-order valence-electron chi connectivity index (χ4n) is 2.76. The number of rotatable bonds is 3. The number of hydrogen-bond acceptors (Lipinski definition) is 4. The third kappa shape index (κ3) is 2.18. The third-order valence-electron chi connectivity index (χ3n) is 3.87. The molecule has 0 fully saturated rings. The maximum Gasteiger partial charge on any atom is 0.272 e. The molecule has 0 radical (unpaired) electrons. The zero-order valence-electron chi connectivity index (χ0n) is 13.2. The molecule has 24 heavy (non-hydrogen) atoms. The Morgan fingerprint density at radius 3 is 2.83 bits per heavy atom. The Balaban J connectivity index is 1.92. The van der Waals surface area contributed by atoms with E-state index in [4.69, 9.17) is 4.74 Å². The highest BCUT2D eigenvalue weighted by Gasteiger charge is 2.14. The van der Waals surface area contributed by atoms with Crippen LogP contribution in [0.2, 0.25) is 0 Å². The molecule has 0 spiro atoms. The SMILES string of the molecule is COc1cc(-n2cccn2)ccc1-c1c[nH]n2c(=O)cc(C)nc12. The largest absolute Gasteiger partial charge is 0.496 e. The summed E-state index contributed by atoms with van der Waals surface area (Å²) in [5, 5.41) is 7.17. The molecule has 0 aliphatic rings. The van der Waals surface area contributed by atoms with Gasteiger partial charge in [-0.3, -0.25) is 9.89 Å². The van der Waals surface area contributed by atoms with E-state index >= 15 is 0 Å². The first-order chi connectivity index (χ1) is 11.7. The molecule has 0 saturated heterocycles. The summed E-state index contributed by atoms with van der Waals surface area (Å²) in [5.41, 5.74) is 3.65. The van der Waals surface area contributed by atoms with Crippen molar-refractivity contribution in [2.24, 2.45) is 0 Å². The van der Waals surface area contributed by atoms with E-state index < -0.39 is 0 Å². The van der Waals surface area contributed by atoms with Crippen LogP contribution in [0.5, 0.6) is 5.75 Å². The molecule has 0 bridgehead atoms. The Bertz CT molecular complexity index is 1080. The molecule has 0 unspecified atom stereocenters. The molecule has 7 heteroatoms. The first kappa shape index (κ1) is 14.3. The molecule has 120 valence electrons. The Labute approximate surface area is 137 Å². The molecular formula is C17H15N5O2. The molecule has 4 rings (SSSR count). The number of aryl methyl sites for hydroxylation is 1. The minimum atomic E-state index is -0.143. The Morgan fingerprint density at radius 1 is 1.21 bits per heavy atom. The van der Waals surface area contributed by atoms with Gasteiger partial charge in [0.05, 0.1) is 12.8 Å². The van der Waals surface area contributed by atoms with Gasteiger partial charge in [0.1, 0.15) is 5.75 Å². The predicted octanol–water partition coefficient (Wildman–Crippen LogP) is 2.19. The second kappa shape index (κ2) is 5.38. The average molecular weight is 321 g/mol. The summed E-state index contributed by atoms with van der Waals surface area (Å²) in [4.78, 5) is 16.5. The summed E-state index contributed by atoms with van der Waals surface area (Å²) in [6.45, 7) is 1.80. The lowest BCUT2D eigenvalue weighted by Crippen LogP contribution is -2.14. The van der Waals surface area contributed by atoms with Crippen molar-refractivity contribution in [2.75, 3.05) is 7.11 Å². The lowest BCUT2D eigenvalue weighted by atomic mass is 10.1. The number of aromatic amines is 1. The standard InChI is InChI=1S/C17H15N5O2/c1-11-8-16(23)22-17(20-11)14(10-19-22)13-5-4-12(9-15(13)24-2)21-7-3-6-18-21/h3-10,19H,1-2H3. The lowest BCUT2D eigenvalue weighted by Gasteiger charge is -2.10. The van der Waals surface area contributed by atoms with E-state index in [-0.39, 0.29) is 5.56 Å². The van der Waals surface area contributed by atoms with Gasteiger partial charge in [-0.1, -0.05) is 0 Å². The summed E-state index contributed by atoms with van der Waals surface area (Å²) in [6, 6.07) is 9.14. The summed E-state index contributed by atoms with van der Waals surface area (Å²) < 4.78 is 8.73. The van der Waals surface area contributed by atoms with Crippen molar-refractivity contribution in [2.45, 2.75) is 6.92 Å². The quantitative estimate of drug-likeness (QED) is 0.627. The molecule has 0 saturated carbocycles. The van der Waals surface area contributed by atoms with Crippen LogP contribution >= 0.6 is 0 Å². The Kier molecular flexibility index (Phi) is 3.19. The van der Waals surface area contributed by atoms with Crippen LogP contribution in [-0.2, 0) is 0 Å². The number of hydrogen-bond donors (Lipinski definition) is 1. The van der Waals surface area contributed by atoms with Crippen molar-refractivity contribution < 1.29 is 4.74 Å². The molecule has 7 nitrogen and oxygen atoms in total. The van der Waals surface area contributed by atoms with Gasteiger partial charge in [0.25, 0.3) is 5.56 Å². The highest BCUT2D eigenvalue weighted by molar-refractivity contribution is 5.81. The third-order valence-corrected chi connectivity index (χ3v) is 3.87. The fourth-order valence-corrected chi connectivity index (χ4v) is 2.76. The monoisotopic (exact) mass is 321 g/mol. The van der Waals surface area contributed by atoms with Crippen molar-refractivity contribution in [3.63, 3.8) is 0 Å². The van der Waals surface area contributed by atoms with Gasteiger partial charge in [0, 0.05) is 47.5 Å². The highest BCUT2D eigenvalue weighted by Crippen LogP contribution is 2.33. The molecule has 0 amide bonds. The summed E-state index contributed by atoms with van der Waals surface area (Å²) >= 11 is 0. The molecular weight excluding hydrogens is 306 g/mol. The van der Waals surface area contributed by atoms with Crippen LogP contribution in [0, 0.1) is 6.92 Å². The van der Waals surface area contributed by atoms with Crippen LogP contribution in [0.15, 0.2) is 53.7 Å². The predicted molar refractivity (Wildman–Crippen MR) is 89.7 cm³/mol. The van der Waals surface area contributed by atoms with Crippen LogP contribution in [0.1, 0.15) is 5.69 Å². The maximum atomic E-state index is 12.1. The van der Waals surface area contributed by atoms with E-state index in [0.29, 0.717) is 17.1 Å². The summed E-state index contributed by atoms with van der Waals surface area (Å²) in [5.74, 6) is 0.681. The molecule has 1 N–H and O–H groups in total.